The summed E-state index contributed by atoms with van der Waals surface area (Å²) in [6.45, 7) is 10.6. The Labute approximate surface area is 166 Å². The number of hydrogen-bond acceptors (Lipinski definition) is 4. The third kappa shape index (κ3) is 7.95. The van der Waals surface area contributed by atoms with Gasteiger partial charge in [0.2, 0.25) is 10.0 Å². The minimum atomic E-state index is -3.05. The van der Waals surface area contributed by atoms with E-state index < -0.39 is 10.0 Å². The third-order valence-corrected chi connectivity index (χ3v) is 7.05. The summed E-state index contributed by atoms with van der Waals surface area (Å²) in [5.74, 6) is 1.35. The average Bonchev–Trinajstić information content (AvgIpc) is 2.64. The molecule has 0 aromatic heterocycles. The van der Waals surface area contributed by atoms with Gasteiger partial charge in [-0.05, 0) is 58.4 Å². The number of sulfonamides is 1. The van der Waals surface area contributed by atoms with Crippen LogP contribution in [0.3, 0.4) is 0 Å². The third-order valence-electron chi connectivity index (χ3n) is 5.75. The minimum Gasteiger partial charge on any atom is -0.357 e. The Balaban J connectivity index is 1.69. The molecule has 0 saturated carbocycles. The van der Waals surface area contributed by atoms with Crippen LogP contribution in [0.1, 0.15) is 52.4 Å². The van der Waals surface area contributed by atoms with Crippen LogP contribution in [0.15, 0.2) is 4.99 Å². The summed E-state index contributed by atoms with van der Waals surface area (Å²) in [7, 11) is -3.05. The molecule has 158 valence electrons. The van der Waals surface area contributed by atoms with Gasteiger partial charge in [0, 0.05) is 45.3 Å². The van der Waals surface area contributed by atoms with E-state index in [1.54, 1.807) is 4.31 Å². The number of rotatable bonds is 8. The molecule has 2 aliphatic heterocycles. The van der Waals surface area contributed by atoms with Gasteiger partial charge in [0.05, 0.1) is 6.26 Å². The second-order valence-electron chi connectivity index (χ2n) is 7.99. The molecule has 0 aliphatic carbocycles. The molecule has 8 heteroatoms. The van der Waals surface area contributed by atoms with Gasteiger partial charge in [-0.15, -0.1) is 0 Å². The zero-order valence-corrected chi connectivity index (χ0v) is 18.2. The molecule has 1 unspecified atom stereocenters. The summed E-state index contributed by atoms with van der Waals surface area (Å²) in [5, 5.41) is 6.78. The number of nitrogens with one attached hydrogen (secondary N) is 2. The summed E-state index contributed by atoms with van der Waals surface area (Å²) >= 11 is 0. The van der Waals surface area contributed by atoms with Gasteiger partial charge >= 0.3 is 0 Å². The summed E-state index contributed by atoms with van der Waals surface area (Å²) < 4.78 is 24.8. The molecule has 7 nitrogen and oxygen atoms in total. The van der Waals surface area contributed by atoms with Gasteiger partial charge in [0.1, 0.15) is 0 Å². The quantitative estimate of drug-likeness (QED) is 0.366. The largest absolute Gasteiger partial charge is 0.357 e. The highest BCUT2D eigenvalue weighted by atomic mass is 32.2. The van der Waals surface area contributed by atoms with Crippen LogP contribution in [-0.2, 0) is 10.0 Å². The normalized spacial score (nSPS) is 24.1. The summed E-state index contributed by atoms with van der Waals surface area (Å²) in [5.41, 5.74) is 0. The Morgan fingerprint density at radius 1 is 1.11 bits per heavy atom. The van der Waals surface area contributed by atoms with E-state index in [4.69, 9.17) is 4.99 Å². The van der Waals surface area contributed by atoms with Gasteiger partial charge in [-0.1, -0.05) is 6.42 Å². The number of piperidine rings is 2. The zero-order chi connectivity index (χ0) is 19.7. The Bertz CT molecular complexity index is 558. The predicted molar refractivity (Wildman–Crippen MR) is 113 cm³/mol. The molecule has 2 N–H and O–H groups in total. The van der Waals surface area contributed by atoms with Crippen molar-refractivity contribution in [2.75, 3.05) is 52.1 Å². The molecule has 2 aliphatic rings. The fourth-order valence-corrected chi connectivity index (χ4v) is 4.84. The van der Waals surface area contributed by atoms with E-state index in [-0.39, 0.29) is 0 Å². The first-order valence-corrected chi connectivity index (χ1v) is 12.5. The highest BCUT2D eigenvalue weighted by molar-refractivity contribution is 7.88. The van der Waals surface area contributed by atoms with E-state index in [1.165, 1.54) is 32.1 Å². The lowest BCUT2D eigenvalue weighted by Crippen LogP contribution is -2.42. The molecule has 0 spiro atoms. The fraction of sp³-hybridized carbons (Fsp3) is 0.947. The Kier molecular flexibility index (Phi) is 9.32. The van der Waals surface area contributed by atoms with Crippen LogP contribution in [0.4, 0.5) is 0 Å². The van der Waals surface area contributed by atoms with Crippen LogP contribution in [0.2, 0.25) is 0 Å². The van der Waals surface area contributed by atoms with Crippen molar-refractivity contribution in [3.8, 4) is 0 Å². The topological polar surface area (TPSA) is 77.0 Å². The lowest BCUT2D eigenvalue weighted by Gasteiger charge is -2.33. The molecule has 0 amide bonds. The van der Waals surface area contributed by atoms with Gasteiger partial charge in [0.15, 0.2) is 5.96 Å². The number of guanidine groups is 1. The number of aliphatic imine (C=N–C) groups is 1. The summed E-state index contributed by atoms with van der Waals surface area (Å²) in [6.07, 6.45) is 8.24. The van der Waals surface area contributed by atoms with Crippen molar-refractivity contribution in [1.82, 2.24) is 19.8 Å². The molecule has 2 fully saturated rings. The molecule has 0 radical (unpaired) electrons. The maximum atomic E-state index is 11.6. The molecule has 2 heterocycles. The van der Waals surface area contributed by atoms with Crippen molar-refractivity contribution < 1.29 is 8.42 Å². The van der Waals surface area contributed by atoms with Crippen LogP contribution in [0.25, 0.3) is 0 Å². The number of likely N-dealkylation sites (tertiary alicyclic amines) is 1. The van der Waals surface area contributed by atoms with Crippen LogP contribution >= 0.6 is 0 Å². The average molecular weight is 402 g/mol. The second-order valence-corrected chi connectivity index (χ2v) is 9.97. The smallest absolute Gasteiger partial charge is 0.211 e. The van der Waals surface area contributed by atoms with E-state index in [9.17, 15) is 8.42 Å². The second kappa shape index (κ2) is 11.2. The Morgan fingerprint density at radius 3 is 2.48 bits per heavy atom. The zero-order valence-electron chi connectivity index (χ0n) is 17.4. The number of hydrogen-bond donors (Lipinski definition) is 2. The molecule has 0 aromatic rings. The van der Waals surface area contributed by atoms with Gasteiger partial charge in [-0.3, -0.25) is 4.99 Å². The van der Waals surface area contributed by atoms with Crippen molar-refractivity contribution in [2.24, 2.45) is 10.9 Å². The molecule has 27 heavy (non-hydrogen) atoms. The highest BCUT2D eigenvalue weighted by Gasteiger charge is 2.24. The highest BCUT2D eigenvalue weighted by Crippen LogP contribution is 2.19. The molecular weight excluding hydrogens is 362 g/mol. The van der Waals surface area contributed by atoms with Crippen molar-refractivity contribution in [3.05, 3.63) is 0 Å². The van der Waals surface area contributed by atoms with E-state index in [2.05, 4.69) is 29.4 Å². The summed E-state index contributed by atoms with van der Waals surface area (Å²) in [4.78, 5) is 7.34. The molecule has 2 rings (SSSR count). The van der Waals surface area contributed by atoms with Crippen LogP contribution in [0.5, 0.6) is 0 Å². The molecule has 2 saturated heterocycles. The van der Waals surface area contributed by atoms with Crippen molar-refractivity contribution in [1.29, 1.82) is 0 Å². The van der Waals surface area contributed by atoms with Gasteiger partial charge in [-0.25, -0.2) is 12.7 Å². The first-order chi connectivity index (χ1) is 12.9. The van der Waals surface area contributed by atoms with Crippen molar-refractivity contribution >= 4 is 16.0 Å². The maximum absolute atomic E-state index is 11.6. The van der Waals surface area contributed by atoms with Gasteiger partial charge in [-0.2, -0.15) is 0 Å². The lowest BCUT2D eigenvalue weighted by atomic mass is 9.98. The van der Waals surface area contributed by atoms with E-state index in [1.807, 2.05) is 0 Å². The van der Waals surface area contributed by atoms with Crippen LogP contribution in [-0.4, -0.2) is 81.7 Å². The van der Waals surface area contributed by atoms with E-state index in [0.29, 0.717) is 19.0 Å². The molecule has 1 atom stereocenters. The Morgan fingerprint density at radius 2 is 1.85 bits per heavy atom. The fourth-order valence-electron chi connectivity index (χ4n) is 3.96. The Hall–Kier alpha value is -0.860. The summed E-state index contributed by atoms with van der Waals surface area (Å²) in [6, 6.07) is 0.721. The standard InChI is InChI=1S/C19H39N5O2S/c1-4-20-19(21-11-7-13-23-12-6-5-8-17(23)2)22-16-18-9-14-24(15-10-18)27(3,25)26/h17-18H,4-16H2,1-3H3,(H2,20,21,22). The van der Waals surface area contributed by atoms with Gasteiger partial charge < -0.3 is 15.5 Å². The molecule has 0 aromatic carbocycles. The molecule has 0 bridgehead atoms. The lowest BCUT2D eigenvalue weighted by molar-refractivity contribution is 0.159. The van der Waals surface area contributed by atoms with E-state index in [0.717, 1.165) is 57.4 Å². The van der Waals surface area contributed by atoms with Crippen LogP contribution in [0, 0.1) is 5.92 Å². The van der Waals surface area contributed by atoms with Crippen molar-refractivity contribution in [2.45, 2.75) is 58.4 Å². The first-order valence-electron chi connectivity index (χ1n) is 10.6. The SMILES string of the molecule is CCNC(=NCC1CCN(S(C)(=O)=O)CC1)NCCCN1CCCCC1C. The monoisotopic (exact) mass is 401 g/mol. The first kappa shape index (κ1) is 22.4. The number of nitrogens with zero attached hydrogens (tertiary/aromatic N) is 3. The minimum absolute atomic E-state index is 0.465. The van der Waals surface area contributed by atoms with Gasteiger partial charge in [0.25, 0.3) is 0 Å². The van der Waals surface area contributed by atoms with E-state index >= 15 is 0 Å². The molecular formula is C19H39N5O2S. The van der Waals surface area contributed by atoms with Crippen LogP contribution < -0.4 is 10.6 Å². The van der Waals surface area contributed by atoms with Crippen molar-refractivity contribution in [3.63, 3.8) is 0 Å². The maximum Gasteiger partial charge on any atom is 0.211 e. The predicted octanol–water partition coefficient (Wildman–Crippen LogP) is 1.48.